The van der Waals surface area contributed by atoms with Gasteiger partial charge in [0.2, 0.25) is 0 Å². The van der Waals surface area contributed by atoms with Crippen LogP contribution in [0.1, 0.15) is 29.6 Å². The molecule has 2 rings (SSSR count). The van der Waals surface area contributed by atoms with Crippen LogP contribution in [-0.2, 0) is 0 Å². The summed E-state index contributed by atoms with van der Waals surface area (Å²) >= 11 is 17.7. The Bertz CT molecular complexity index is 387. The first-order valence-corrected chi connectivity index (χ1v) is 5.89. The van der Waals surface area contributed by atoms with E-state index in [2.05, 4.69) is 0 Å². The Morgan fingerprint density at radius 3 is 2.20 bits per heavy atom. The number of carbonyl (C=O) groups is 1. The van der Waals surface area contributed by atoms with Gasteiger partial charge in [-0.3, -0.25) is 4.79 Å². The summed E-state index contributed by atoms with van der Waals surface area (Å²) in [6.07, 6.45) is 2.81. The van der Waals surface area contributed by atoms with E-state index in [9.17, 15) is 4.79 Å². The van der Waals surface area contributed by atoms with Crippen molar-refractivity contribution in [1.29, 1.82) is 0 Å². The van der Waals surface area contributed by atoms with Crippen LogP contribution in [0.25, 0.3) is 0 Å². The molecule has 0 atom stereocenters. The molecule has 0 heterocycles. The summed E-state index contributed by atoms with van der Waals surface area (Å²) in [5.74, 6) is 0.546. The van der Waals surface area contributed by atoms with Gasteiger partial charge in [-0.25, -0.2) is 0 Å². The molecule has 0 bridgehead atoms. The number of ketones is 1. The Morgan fingerprint density at radius 1 is 1.20 bits per heavy atom. The molecular weight excluding hydrogens is 254 g/mol. The lowest BCUT2D eigenvalue weighted by Crippen LogP contribution is -2.02. The zero-order valence-corrected chi connectivity index (χ0v) is 10.2. The maximum Gasteiger partial charge on any atom is 0.166 e. The molecule has 1 saturated carbocycles. The molecule has 80 valence electrons. The van der Waals surface area contributed by atoms with E-state index in [4.69, 9.17) is 34.8 Å². The highest BCUT2D eigenvalue weighted by Gasteiger charge is 2.27. The minimum Gasteiger partial charge on any atom is -0.294 e. The first-order chi connectivity index (χ1) is 7.08. The second-order valence-corrected chi connectivity index (χ2v) is 5.07. The summed E-state index contributed by atoms with van der Waals surface area (Å²) in [6.45, 7) is 0. The van der Waals surface area contributed by atoms with E-state index in [1.165, 1.54) is 0 Å². The van der Waals surface area contributed by atoms with E-state index >= 15 is 0 Å². The third-order valence-electron chi connectivity index (χ3n) is 2.46. The number of hydrogen-bond acceptors (Lipinski definition) is 1. The van der Waals surface area contributed by atoms with Crippen LogP contribution in [0.3, 0.4) is 0 Å². The van der Waals surface area contributed by atoms with Crippen molar-refractivity contribution in [2.24, 2.45) is 5.92 Å². The SMILES string of the molecule is O=C(CC1CC1)c1c(Cl)cc(Cl)cc1Cl. The molecule has 1 aliphatic rings. The predicted molar refractivity (Wildman–Crippen MR) is 63.1 cm³/mol. The van der Waals surface area contributed by atoms with Crippen molar-refractivity contribution in [1.82, 2.24) is 0 Å². The van der Waals surface area contributed by atoms with Gasteiger partial charge in [0.15, 0.2) is 5.78 Å². The summed E-state index contributed by atoms with van der Waals surface area (Å²) in [5.41, 5.74) is 0.412. The maximum atomic E-state index is 11.8. The van der Waals surface area contributed by atoms with E-state index in [1.807, 2.05) is 0 Å². The van der Waals surface area contributed by atoms with Crippen LogP contribution in [0.15, 0.2) is 12.1 Å². The first-order valence-electron chi connectivity index (χ1n) is 4.75. The molecule has 0 N–H and O–H groups in total. The van der Waals surface area contributed by atoms with Crippen LogP contribution in [0.5, 0.6) is 0 Å². The van der Waals surface area contributed by atoms with E-state index < -0.39 is 0 Å². The molecule has 0 amide bonds. The number of carbonyl (C=O) groups excluding carboxylic acids is 1. The standard InChI is InChI=1S/C11H9Cl3O/c12-7-4-8(13)11(9(14)5-7)10(15)3-6-1-2-6/h4-6H,1-3H2. The average Bonchev–Trinajstić information content (AvgIpc) is 2.85. The molecule has 1 fully saturated rings. The molecule has 1 nitrogen and oxygen atoms in total. The number of rotatable bonds is 3. The maximum absolute atomic E-state index is 11.8. The highest BCUT2D eigenvalue weighted by Crippen LogP contribution is 2.36. The summed E-state index contributed by atoms with van der Waals surface area (Å²) < 4.78 is 0. The summed E-state index contributed by atoms with van der Waals surface area (Å²) in [5, 5.41) is 1.14. The lowest BCUT2D eigenvalue weighted by molar-refractivity contribution is 0.0976. The van der Waals surface area contributed by atoms with E-state index in [1.54, 1.807) is 12.1 Å². The zero-order valence-electron chi connectivity index (χ0n) is 7.90. The Labute approximate surface area is 103 Å². The largest absolute Gasteiger partial charge is 0.294 e. The van der Waals surface area contributed by atoms with Crippen molar-refractivity contribution in [2.45, 2.75) is 19.3 Å². The molecule has 0 spiro atoms. The lowest BCUT2D eigenvalue weighted by Gasteiger charge is -2.06. The zero-order chi connectivity index (χ0) is 11.0. The van der Waals surface area contributed by atoms with Gasteiger partial charge in [-0.05, 0) is 30.9 Å². The number of Topliss-reactive ketones (excluding diaryl/α,β-unsaturated/α-hetero) is 1. The highest BCUT2D eigenvalue weighted by atomic mass is 35.5. The number of benzene rings is 1. The van der Waals surface area contributed by atoms with Crippen LogP contribution in [-0.4, -0.2) is 5.78 Å². The van der Waals surface area contributed by atoms with E-state index in [0.29, 0.717) is 33.0 Å². The van der Waals surface area contributed by atoms with Crippen LogP contribution in [0.4, 0.5) is 0 Å². The van der Waals surface area contributed by atoms with E-state index in [0.717, 1.165) is 12.8 Å². The molecule has 0 aromatic heterocycles. The molecule has 1 aromatic rings. The first kappa shape index (κ1) is 11.3. The van der Waals surface area contributed by atoms with Crippen molar-refractivity contribution in [3.8, 4) is 0 Å². The quantitative estimate of drug-likeness (QED) is 0.727. The molecule has 15 heavy (non-hydrogen) atoms. The Kier molecular flexibility index (Phi) is 3.24. The van der Waals surface area contributed by atoms with Gasteiger partial charge in [0.25, 0.3) is 0 Å². The van der Waals surface area contributed by atoms with Crippen LogP contribution in [0.2, 0.25) is 15.1 Å². The Morgan fingerprint density at radius 2 is 1.73 bits per heavy atom. The predicted octanol–water partition coefficient (Wildman–Crippen LogP) is 4.63. The van der Waals surface area contributed by atoms with Crippen molar-refractivity contribution >= 4 is 40.6 Å². The third kappa shape index (κ3) is 2.66. The van der Waals surface area contributed by atoms with Gasteiger partial charge in [-0.15, -0.1) is 0 Å². The highest BCUT2D eigenvalue weighted by molar-refractivity contribution is 6.42. The second-order valence-electron chi connectivity index (χ2n) is 3.82. The van der Waals surface area contributed by atoms with Crippen molar-refractivity contribution < 1.29 is 4.79 Å². The molecular formula is C11H9Cl3O. The minimum atomic E-state index is 0.0177. The molecule has 0 radical (unpaired) electrons. The van der Waals surface area contributed by atoms with Crippen molar-refractivity contribution in [3.05, 3.63) is 32.8 Å². The average molecular weight is 264 g/mol. The molecule has 0 aliphatic heterocycles. The van der Waals surface area contributed by atoms with Gasteiger partial charge in [-0.1, -0.05) is 34.8 Å². The summed E-state index contributed by atoms with van der Waals surface area (Å²) in [6, 6.07) is 3.10. The normalized spacial score (nSPS) is 15.4. The minimum absolute atomic E-state index is 0.0177. The molecule has 4 heteroatoms. The van der Waals surface area contributed by atoms with Gasteiger partial charge in [0.05, 0.1) is 15.6 Å². The van der Waals surface area contributed by atoms with Crippen molar-refractivity contribution in [3.63, 3.8) is 0 Å². The van der Waals surface area contributed by atoms with Crippen LogP contribution < -0.4 is 0 Å². The fourth-order valence-corrected chi connectivity index (χ4v) is 2.52. The third-order valence-corrected chi connectivity index (χ3v) is 3.27. The fraction of sp³-hybridized carbons (Fsp3) is 0.364. The fourth-order valence-electron chi connectivity index (χ4n) is 1.49. The Hall–Kier alpha value is -0.240. The van der Waals surface area contributed by atoms with Gasteiger partial charge in [0, 0.05) is 11.4 Å². The summed E-state index contributed by atoms with van der Waals surface area (Å²) in [4.78, 5) is 11.8. The van der Waals surface area contributed by atoms with E-state index in [-0.39, 0.29) is 5.78 Å². The molecule has 0 unspecified atom stereocenters. The number of halogens is 3. The van der Waals surface area contributed by atoms with Crippen molar-refractivity contribution in [2.75, 3.05) is 0 Å². The van der Waals surface area contributed by atoms with Gasteiger partial charge in [0.1, 0.15) is 0 Å². The van der Waals surface area contributed by atoms with Crippen LogP contribution in [0, 0.1) is 5.92 Å². The number of hydrogen-bond donors (Lipinski definition) is 0. The lowest BCUT2D eigenvalue weighted by atomic mass is 10.1. The second kappa shape index (κ2) is 4.32. The van der Waals surface area contributed by atoms with Gasteiger partial charge < -0.3 is 0 Å². The summed E-state index contributed by atoms with van der Waals surface area (Å²) in [7, 11) is 0. The molecule has 1 aliphatic carbocycles. The van der Waals surface area contributed by atoms with Gasteiger partial charge in [-0.2, -0.15) is 0 Å². The topological polar surface area (TPSA) is 17.1 Å². The molecule has 0 saturated heterocycles. The molecule has 1 aromatic carbocycles. The smallest absolute Gasteiger partial charge is 0.166 e. The monoisotopic (exact) mass is 262 g/mol. The Balaban J connectivity index is 2.29. The van der Waals surface area contributed by atoms with Crippen LogP contribution >= 0.6 is 34.8 Å². The van der Waals surface area contributed by atoms with Gasteiger partial charge >= 0.3 is 0 Å².